The van der Waals surface area contributed by atoms with E-state index < -0.39 is 26.7 Å². The second-order valence-corrected chi connectivity index (χ2v) is 8.98. The lowest BCUT2D eigenvalue weighted by molar-refractivity contribution is -0.137. The van der Waals surface area contributed by atoms with Crippen LogP contribution in [0.3, 0.4) is 0 Å². The molecule has 0 spiro atoms. The smallest absolute Gasteiger partial charge is 0.416 e. The van der Waals surface area contributed by atoms with Crippen LogP contribution in [0.25, 0.3) is 11.5 Å². The molecule has 0 N–H and O–H groups in total. The van der Waals surface area contributed by atoms with Crippen molar-refractivity contribution in [1.82, 2.24) is 19.4 Å². The van der Waals surface area contributed by atoms with Crippen molar-refractivity contribution >= 4 is 15.9 Å². The summed E-state index contributed by atoms with van der Waals surface area (Å²) in [5.41, 5.74) is 0.0230. The Balaban J connectivity index is 1.43. The van der Waals surface area contributed by atoms with Crippen LogP contribution >= 0.6 is 0 Å². The Morgan fingerprint density at radius 3 is 2.28 bits per heavy atom. The zero-order chi connectivity index (χ0) is 22.9. The standard InChI is InChI=1S/C20H17F3N4O4S/c21-20(22,23)16-2-1-3-17(12-16)32(29,30)27-10-8-26(9-11-27)19(28)15-6-4-14(5-7-15)18-25-24-13-31-18/h1-7,12-13H,8-11H2. The van der Waals surface area contributed by atoms with Gasteiger partial charge in [0, 0.05) is 37.3 Å². The Morgan fingerprint density at radius 2 is 1.69 bits per heavy atom. The zero-order valence-electron chi connectivity index (χ0n) is 16.5. The van der Waals surface area contributed by atoms with Crippen molar-refractivity contribution < 1.29 is 30.8 Å². The van der Waals surface area contributed by atoms with Crippen LogP contribution in [0.5, 0.6) is 0 Å². The number of benzene rings is 2. The van der Waals surface area contributed by atoms with E-state index in [9.17, 15) is 26.4 Å². The lowest BCUT2D eigenvalue weighted by Crippen LogP contribution is -2.50. The Kier molecular flexibility index (Phi) is 5.73. The number of carbonyl (C=O) groups is 1. The van der Waals surface area contributed by atoms with Crippen molar-refractivity contribution in [2.75, 3.05) is 26.2 Å². The molecule has 168 valence electrons. The monoisotopic (exact) mass is 466 g/mol. The first-order valence-electron chi connectivity index (χ1n) is 9.49. The number of carbonyl (C=O) groups excluding carboxylic acids is 1. The Labute approximate surface area is 181 Å². The minimum Gasteiger partial charge on any atom is -0.423 e. The lowest BCUT2D eigenvalue weighted by Gasteiger charge is -2.34. The lowest BCUT2D eigenvalue weighted by atomic mass is 10.1. The van der Waals surface area contributed by atoms with Crippen molar-refractivity contribution in [3.8, 4) is 11.5 Å². The van der Waals surface area contributed by atoms with Gasteiger partial charge in [-0.3, -0.25) is 4.79 Å². The molecule has 3 aromatic rings. The topological polar surface area (TPSA) is 96.6 Å². The van der Waals surface area contributed by atoms with E-state index in [1.54, 1.807) is 24.3 Å². The highest BCUT2D eigenvalue weighted by Crippen LogP contribution is 2.31. The number of halogens is 3. The maximum absolute atomic E-state index is 12.9. The molecule has 0 radical (unpaired) electrons. The molecule has 1 aliphatic heterocycles. The van der Waals surface area contributed by atoms with E-state index in [-0.39, 0.29) is 32.1 Å². The number of aromatic nitrogens is 2. The number of nitrogens with zero attached hydrogens (tertiary/aromatic N) is 4. The van der Waals surface area contributed by atoms with Crippen LogP contribution in [-0.2, 0) is 16.2 Å². The van der Waals surface area contributed by atoms with E-state index in [1.165, 1.54) is 11.3 Å². The third-order valence-electron chi connectivity index (χ3n) is 5.06. The normalized spacial score (nSPS) is 15.7. The summed E-state index contributed by atoms with van der Waals surface area (Å²) < 4.78 is 70.6. The summed E-state index contributed by atoms with van der Waals surface area (Å²) in [5.74, 6) is 0.0376. The summed E-state index contributed by atoms with van der Waals surface area (Å²) in [7, 11) is -4.12. The maximum atomic E-state index is 12.9. The van der Waals surface area contributed by atoms with E-state index in [2.05, 4.69) is 10.2 Å². The fourth-order valence-corrected chi connectivity index (χ4v) is 4.82. The van der Waals surface area contributed by atoms with Gasteiger partial charge in [-0.2, -0.15) is 17.5 Å². The van der Waals surface area contributed by atoms with Crippen LogP contribution in [0.15, 0.2) is 64.2 Å². The SMILES string of the molecule is O=C(c1ccc(-c2nnco2)cc1)N1CCN(S(=O)(=O)c2cccc(C(F)(F)F)c2)CC1. The van der Waals surface area contributed by atoms with Gasteiger partial charge in [0.05, 0.1) is 10.5 Å². The highest BCUT2D eigenvalue weighted by atomic mass is 32.2. The van der Waals surface area contributed by atoms with Crippen molar-refractivity contribution in [2.45, 2.75) is 11.1 Å². The molecule has 1 fully saturated rings. The molecule has 0 aliphatic carbocycles. The molecular formula is C20H17F3N4O4S. The van der Waals surface area contributed by atoms with Gasteiger partial charge in [-0.15, -0.1) is 10.2 Å². The molecule has 1 saturated heterocycles. The summed E-state index contributed by atoms with van der Waals surface area (Å²) in [6.45, 7) is 0.180. The van der Waals surface area contributed by atoms with Gasteiger partial charge >= 0.3 is 6.18 Å². The van der Waals surface area contributed by atoms with Gasteiger partial charge in [0.1, 0.15) is 0 Å². The summed E-state index contributed by atoms with van der Waals surface area (Å²) in [4.78, 5) is 13.8. The first-order valence-corrected chi connectivity index (χ1v) is 10.9. The molecule has 4 rings (SSSR count). The van der Waals surface area contributed by atoms with E-state index in [1.807, 2.05) is 0 Å². The van der Waals surface area contributed by atoms with Gasteiger partial charge in [0.2, 0.25) is 22.3 Å². The third-order valence-corrected chi connectivity index (χ3v) is 6.96. The Bertz CT molecular complexity index is 1200. The summed E-state index contributed by atoms with van der Waals surface area (Å²) in [5, 5.41) is 7.38. The highest BCUT2D eigenvalue weighted by Gasteiger charge is 2.34. The molecule has 0 bridgehead atoms. The van der Waals surface area contributed by atoms with Gasteiger partial charge in [0.15, 0.2) is 0 Å². The second-order valence-electron chi connectivity index (χ2n) is 7.04. The molecule has 8 nitrogen and oxygen atoms in total. The van der Waals surface area contributed by atoms with Crippen LogP contribution in [0.1, 0.15) is 15.9 Å². The molecule has 1 aromatic heterocycles. The summed E-state index contributed by atoms with van der Waals surface area (Å²) in [6, 6.07) is 10.2. The number of amides is 1. The molecule has 12 heteroatoms. The number of alkyl halides is 3. The first kappa shape index (κ1) is 22.0. The van der Waals surface area contributed by atoms with Crippen molar-refractivity contribution in [2.24, 2.45) is 0 Å². The Hall–Kier alpha value is -3.25. The molecule has 1 amide bonds. The molecular weight excluding hydrogens is 449 g/mol. The predicted octanol–water partition coefficient (Wildman–Crippen LogP) is 2.90. The van der Waals surface area contributed by atoms with Gasteiger partial charge in [-0.05, 0) is 42.5 Å². The third kappa shape index (κ3) is 4.36. The van der Waals surface area contributed by atoms with E-state index >= 15 is 0 Å². The van der Waals surface area contributed by atoms with E-state index in [0.717, 1.165) is 22.5 Å². The molecule has 0 unspecified atom stereocenters. The van der Waals surface area contributed by atoms with Crippen LogP contribution < -0.4 is 0 Å². The van der Waals surface area contributed by atoms with Crippen molar-refractivity contribution in [3.63, 3.8) is 0 Å². The zero-order valence-corrected chi connectivity index (χ0v) is 17.3. The summed E-state index contributed by atoms with van der Waals surface area (Å²) in [6.07, 6.45) is -3.45. The second kappa shape index (κ2) is 8.36. The molecule has 32 heavy (non-hydrogen) atoms. The van der Waals surface area contributed by atoms with Crippen LogP contribution in [0, 0.1) is 0 Å². The highest BCUT2D eigenvalue weighted by molar-refractivity contribution is 7.89. The van der Waals surface area contributed by atoms with Crippen molar-refractivity contribution in [1.29, 1.82) is 0 Å². The maximum Gasteiger partial charge on any atom is 0.416 e. The van der Waals surface area contributed by atoms with Crippen LogP contribution in [-0.4, -0.2) is 59.9 Å². The first-order chi connectivity index (χ1) is 15.2. The number of sulfonamides is 1. The molecule has 2 aromatic carbocycles. The van der Waals surface area contributed by atoms with E-state index in [4.69, 9.17) is 4.42 Å². The molecule has 0 atom stereocenters. The largest absolute Gasteiger partial charge is 0.423 e. The van der Waals surface area contributed by atoms with Gasteiger partial charge in [-0.1, -0.05) is 6.07 Å². The number of piperazine rings is 1. The molecule has 1 aliphatic rings. The quantitative estimate of drug-likeness (QED) is 0.587. The molecule has 2 heterocycles. The Morgan fingerprint density at radius 1 is 1.00 bits per heavy atom. The average molecular weight is 466 g/mol. The van der Waals surface area contributed by atoms with Gasteiger partial charge < -0.3 is 9.32 Å². The molecule has 0 saturated carbocycles. The van der Waals surface area contributed by atoms with Gasteiger partial charge in [0.25, 0.3) is 5.91 Å². The van der Waals surface area contributed by atoms with Crippen LogP contribution in [0.2, 0.25) is 0 Å². The fraction of sp³-hybridized carbons (Fsp3) is 0.250. The number of hydrogen-bond acceptors (Lipinski definition) is 6. The van der Waals surface area contributed by atoms with Crippen LogP contribution in [0.4, 0.5) is 13.2 Å². The van der Waals surface area contributed by atoms with Crippen molar-refractivity contribution in [3.05, 3.63) is 66.1 Å². The number of hydrogen-bond donors (Lipinski definition) is 0. The number of rotatable bonds is 4. The fourth-order valence-electron chi connectivity index (χ4n) is 3.35. The average Bonchev–Trinajstić information content (AvgIpc) is 3.33. The predicted molar refractivity (Wildman–Crippen MR) is 106 cm³/mol. The minimum atomic E-state index is -4.64. The van der Waals surface area contributed by atoms with E-state index in [0.29, 0.717) is 23.1 Å². The van der Waals surface area contributed by atoms with Gasteiger partial charge in [-0.25, -0.2) is 8.42 Å². The minimum absolute atomic E-state index is 0.0234. The summed E-state index contributed by atoms with van der Waals surface area (Å²) >= 11 is 0.